The maximum atomic E-state index is 12.9. The van der Waals surface area contributed by atoms with E-state index in [1.807, 2.05) is 0 Å². The summed E-state index contributed by atoms with van der Waals surface area (Å²) < 4.78 is 32.6. The molecule has 152 valence electrons. The molecular formula is C22H24N2O4S. The van der Waals surface area contributed by atoms with E-state index >= 15 is 0 Å². The maximum absolute atomic E-state index is 12.9. The number of esters is 1. The van der Waals surface area contributed by atoms with Gasteiger partial charge in [0, 0.05) is 18.7 Å². The lowest BCUT2D eigenvalue weighted by atomic mass is 9.94. The zero-order chi connectivity index (χ0) is 21.0. The van der Waals surface area contributed by atoms with Crippen molar-refractivity contribution in [3.05, 3.63) is 65.2 Å². The van der Waals surface area contributed by atoms with Crippen LogP contribution in [0.1, 0.15) is 41.8 Å². The van der Waals surface area contributed by atoms with Gasteiger partial charge in [-0.25, -0.2) is 13.2 Å². The van der Waals surface area contributed by atoms with Gasteiger partial charge in [0.2, 0.25) is 10.0 Å². The van der Waals surface area contributed by atoms with E-state index in [0.29, 0.717) is 36.1 Å². The lowest BCUT2D eigenvalue weighted by Gasteiger charge is -2.34. The third kappa shape index (κ3) is 4.84. The SMILES string of the molecule is C[C@H]1C[C@H](C)CN(S(=O)(=O)c2ccc(C(=O)OCc3ccccc3C#N)cc2)C1. The Labute approximate surface area is 171 Å². The number of hydrogen-bond donors (Lipinski definition) is 0. The molecule has 1 fully saturated rings. The summed E-state index contributed by atoms with van der Waals surface area (Å²) >= 11 is 0. The Morgan fingerprint density at radius 1 is 1.10 bits per heavy atom. The van der Waals surface area contributed by atoms with E-state index in [1.54, 1.807) is 24.3 Å². The van der Waals surface area contributed by atoms with Gasteiger partial charge in [0.05, 0.1) is 22.1 Å². The summed E-state index contributed by atoms with van der Waals surface area (Å²) in [5.74, 6) is 0.0695. The number of rotatable bonds is 5. The van der Waals surface area contributed by atoms with Crippen LogP contribution < -0.4 is 0 Å². The number of nitriles is 1. The first-order valence-electron chi connectivity index (χ1n) is 9.56. The van der Waals surface area contributed by atoms with Gasteiger partial charge in [-0.3, -0.25) is 0 Å². The lowest BCUT2D eigenvalue weighted by molar-refractivity contribution is 0.0472. The molecule has 0 saturated carbocycles. The molecule has 29 heavy (non-hydrogen) atoms. The van der Waals surface area contributed by atoms with Gasteiger partial charge in [-0.15, -0.1) is 0 Å². The fourth-order valence-electron chi connectivity index (χ4n) is 3.70. The van der Waals surface area contributed by atoms with Gasteiger partial charge in [-0.05, 0) is 48.6 Å². The minimum atomic E-state index is -3.59. The topological polar surface area (TPSA) is 87.5 Å². The number of nitrogens with zero attached hydrogens (tertiary/aromatic N) is 2. The Morgan fingerprint density at radius 3 is 2.34 bits per heavy atom. The summed E-state index contributed by atoms with van der Waals surface area (Å²) in [5, 5.41) is 9.10. The predicted octanol–water partition coefficient (Wildman–Crippen LogP) is 3.58. The van der Waals surface area contributed by atoms with E-state index in [-0.39, 0.29) is 17.1 Å². The molecule has 0 bridgehead atoms. The Balaban J connectivity index is 1.69. The summed E-state index contributed by atoms with van der Waals surface area (Å²) in [6, 6.07) is 14.8. The van der Waals surface area contributed by atoms with Gasteiger partial charge in [0.25, 0.3) is 0 Å². The van der Waals surface area contributed by atoms with Crippen molar-refractivity contribution in [2.75, 3.05) is 13.1 Å². The first-order chi connectivity index (χ1) is 13.8. The van der Waals surface area contributed by atoms with Crippen molar-refractivity contribution in [1.82, 2.24) is 4.31 Å². The largest absolute Gasteiger partial charge is 0.457 e. The fourth-order valence-corrected chi connectivity index (χ4v) is 5.38. The van der Waals surface area contributed by atoms with Crippen molar-refractivity contribution in [3.8, 4) is 6.07 Å². The fraction of sp³-hybridized carbons (Fsp3) is 0.364. The molecule has 0 unspecified atom stereocenters. The number of ether oxygens (including phenoxy) is 1. The zero-order valence-corrected chi connectivity index (χ0v) is 17.4. The van der Waals surface area contributed by atoms with Crippen molar-refractivity contribution in [2.45, 2.75) is 31.8 Å². The summed E-state index contributed by atoms with van der Waals surface area (Å²) in [7, 11) is -3.59. The number of hydrogen-bond acceptors (Lipinski definition) is 5. The van der Waals surface area contributed by atoms with Gasteiger partial charge in [0.1, 0.15) is 6.61 Å². The maximum Gasteiger partial charge on any atom is 0.338 e. The van der Waals surface area contributed by atoms with Crippen LogP contribution in [-0.4, -0.2) is 31.8 Å². The molecule has 6 nitrogen and oxygen atoms in total. The molecule has 2 atom stereocenters. The van der Waals surface area contributed by atoms with Gasteiger partial charge in [-0.2, -0.15) is 9.57 Å². The van der Waals surface area contributed by atoms with Crippen molar-refractivity contribution in [3.63, 3.8) is 0 Å². The molecule has 1 heterocycles. The normalized spacial score (nSPS) is 20.0. The van der Waals surface area contributed by atoms with Crippen LogP contribution >= 0.6 is 0 Å². The molecule has 0 spiro atoms. The molecule has 0 aliphatic carbocycles. The average Bonchev–Trinajstić information content (AvgIpc) is 2.71. The predicted molar refractivity (Wildman–Crippen MR) is 108 cm³/mol. The highest BCUT2D eigenvalue weighted by atomic mass is 32.2. The van der Waals surface area contributed by atoms with Gasteiger partial charge < -0.3 is 4.74 Å². The van der Waals surface area contributed by atoms with Crippen molar-refractivity contribution in [2.24, 2.45) is 11.8 Å². The summed E-state index contributed by atoms with van der Waals surface area (Å²) in [5.41, 5.74) is 1.33. The second kappa shape index (κ2) is 8.76. The van der Waals surface area contributed by atoms with Gasteiger partial charge >= 0.3 is 5.97 Å². The first-order valence-corrected chi connectivity index (χ1v) is 11.0. The van der Waals surface area contributed by atoms with Gasteiger partial charge in [0.15, 0.2) is 0 Å². The Hall–Kier alpha value is -2.69. The molecule has 0 radical (unpaired) electrons. The minimum Gasteiger partial charge on any atom is -0.457 e. The van der Waals surface area contributed by atoms with Crippen LogP contribution in [0.2, 0.25) is 0 Å². The molecule has 0 aromatic heterocycles. The number of benzene rings is 2. The molecule has 0 amide bonds. The Bertz CT molecular complexity index is 1020. The molecule has 2 aromatic carbocycles. The van der Waals surface area contributed by atoms with Crippen LogP contribution in [0, 0.1) is 23.2 Å². The second-order valence-electron chi connectivity index (χ2n) is 7.64. The second-order valence-corrected chi connectivity index (χ2v) is 9.58. The van der Waals surface area contributed by atoms with Crippen molar-refractivity contribution in [1.29, 1.82) is 5.26 Å². The number of carbonyl (C=O) groups is 1. The number of carbonyl (C=O) groups excluding carboxylic acids is 1. The van der Waals surface area contributed by atoms with E-state index < -0.39 is 16.0 Å². The zero-order valence-electron chi connectivity index (χ0n) is 16.5. The van der Waals surface area contributed by atoms with E-state index in [4.69, 9.17) is 10.00 Å². The number of piperidine rings is 1. The summed E-state index contributed by atoms with van der Waals surface area (Å²) in [6.45, 7) is 5.11. The minimum absolute atomic E-state index is 0.0217. The van der Waals surface area contributed by atoms with E-state index in [1.165, 1.54) is 28.6 Å². The highest BCUT2D eigenvalue weighted by molar-refractivity contribution is 7.89. The summed E-state index contributed by atoms with van der Waals surface area (Å²) in [6.07, 6.45) is 1.02. The van der Waals surface area contributed by atoms with Crippen molar-refractivity contribution >= 4 is 16.0 Å². The Kier molecular flexibility index (Phi) is 6.36. The molecule has 2 aromatic rings. The van der Waals surface area contributed by atoms with Crippen LogP contribution in [0.4, 0.5) is 0 Å². The van der Waals surface area contributed by atoms with Gasteiger partial charge in [-0.1, -0.05) is 32.0 Å². The molecule has 1 saturated heterocycles. The molecule has 1 aliphatic rings. The third-order valence-electron chi connectivity index (χ3n) is 5.06. The van der Waals surface area contributed by atoms with Crippen LogP contribution in [0.3, 0.4) is 0 Å². The Morgan fingerprint density at radius 2 is 1.72 bits per heavy atom. The van der Waals surface area contributed by atoms with Crippen LogP contribution in [-0.2, 0) is 21.4 Å². The van der Waals surface area contributed by atoms with E-state index in [2.05, 4.69) is 19.9 Å². The van der Waals surface area contributed by atoms with Crippen LogP contribution in [0.15, 0.2) is 53.4 Å². The van der Waals surface area contributed by atoms with E-state index in [0.717, 1.165) is 6.42 Å². The standard InChI is InChI=1S/C22H24N2O4S/c1-16-11-17(2)14-24(13-16)29(26,27)21-9-7-18(8-10-21)22(25)28-15-20-6-4-3-5-19(20)12-23/h3-10,16-17H,11,13-15H2,1-2H3/t16-,17-/m0/s1. The number of sulfonamides is 1. The first kappa shape index (κ1) is 21.0. The molecule has 3 rings (SSSR count). The van der Waals surface area contributed by atoms with E-state index in [9.17, 15) is 13.2 Å². The molecule has 0 N–H and O–H groups in total. The summed E-state index contributed by atoms with van der Waals surface area (Å²) in [4.78, 5) is 12.5. The van der Waals surface area contributed by atoms with Crippen LogP contribution in [0.5, 0.6) is 0 Å². The highest BCUT2D eigenvalue weighted by Crippen LogP contribution is 2.26. The molecule has 7 heteroatoms. The highest BCUT2D eigenvalue weighted by Gasteiger charge is 2.31. The quantitative estimate of drug-likeness (QED) is 0.701. The average molecular weight is 413 g/mol. The monoisotopic (exact) mass is 412 g/mol. The smallest absolute Gasteiger partial charge is 0.338 e. The van der Waals surface area contributed by atoms with Crippen LogP contribution in [0.25, 0.3) is 0 Å². The third-order valence-corrected chi connectivity index (χ3v) is 6.91. The lowest BCUT2D eigenvalue weighted by Crippen LogP contribution is -2.42. The molecule has 1 aliphatic heterocycles. The van der Waals surface area contributed by atoms with Crippen molar-refractivity contribution < 1.29 is 17.9 Å². The molecular weight excluding hydrogens is 388 g/mol.